The van der Waals surface area contributed by atoms with E-state index in [0.29, 0.717) is 12.1 Å². The molecule has 1 saturated heterocycles. The number of carbonyl (C=O) groups is 1. The quantitative estimate of drug-likeness (QED) is 0.855. The Hall–Kier alpha value is -0.770. The molecule has 1 heterocycles. The molecule has 0 unspecified atom stereocenters. The lowest BCUT2D eigenvalue weighted by atomic mass is 9.97. The Morgan fingerprint density at radius 2 is 1.95 bits per heavy atom. The van der Waals surface area contributed by atoms with Crippen LogP contribution >= 0.6 is 0 Å². The highest BCUT2D eigenvalue weighted by Crippen LogP contribution is 2.25. The summed E-state index contributed by atoms with van der Waals surface area (Å²) in [4.78, 5) is 14.2. The molecular formula is C15H28N2O2. The van der Waals surface area contributed by atoms with Crippen LogP contribution in [0.5, 0.6) is 0 Å². The molecule has 4 nitrogen and oxygen atoms in total. The summed E-state index contributed by atoms with van der Waals surface area (Å²) >= 11 is 0. The molecule has 2 atom stereocenters. The average molecular weight is 268 g/mol. The van der Waals surface area contributed by atoms with Gasteiger partial charge in [-0.05, 0) is 59.8 Å². The van der Waals surface area contributed by atoms with Crippen LogP contribution in [-0.4, -0.2) is 41.3 Å². The summed E-state index contributed by atoms with van der Waals surface area (Å²) in [7, 11) is 0. The van der Waals surface area contributed by atoms with E-state index < -0.39 is 5.60 Å². The smallest absolute Gasteiger partial charge is 0.410 e. The van der Waals surface area contributed by atoms with E-state index >= 15 is 0 Å². The second kappa shape index (κ2) is 5.70. The van der Waals surface area contributed by atoms with Crippen LogP contribution in [0.2, 0.25) is 0 Å². The van der Waals surface area contributed by atoms with Gasteiger partial charge >= 0.3 is 6.09 Å². The number of piperidine rings is 1. The van der Waals surface area contributed by atoms with E-state index in [1.165, 1.54) is 19.3 Å². The third kappa shape index (κ3) is 4.37. The van der Waals surface area contributed by atoms with E-state index in [1.807, 2.05) is 25.7 Å². The fourth-order valence-electron chi connectivity index (χ4n) is 2.76. The molecule has 1 amide bonds. The van der Waals surface area contributed by atoms with Crippen LogP contribution in [-0.2, 0) is 4.74 Å². The minimum Gasteiger partial charge on any atom is -0.444 e. The van der Waals surface area contributed by atoms with Gasteiger partial charge in [-0.1, -0.05) is 0 Å². The largest absolute Gasteiger partial charge is 0.444 e. The molecule has 1 N–H and O–H groups in total. The molecule has 1 aliphatic heterocycles. The summed E-state index contributed by atoms with van der Waals surface area (Å²) in [5.41, 5.74) is -0.410. The van der Waals surface area contributed by atoms with E-state index in [1.54, 1.807) is 0 Å². The zero-order valence-electron chi connectivity index (χ0n) is 12.7. The maximum absolute atomic E-state index is 12.3. The number of rotatable bonds is 3. The predicted molar refractivity (Wildman–Crippen MR) is 76.2 cm³/mol. The van der Waals surface area contributed by atoms with Crippen LogP contribution in [0.1, 0.15) is 59.8 Å². The highest BCUT2D eigenvalue weighted by atomic mass is 16.6. The van der Waals surface area contributed by atoms with Crippen molar-refractivity contribution < 1.29 is 9.53 Å². The number of ether oxygens (including phenoxy) is 1. The molecule has 4 heteroatoms. The van der Waals surface area contributed by atoms with Gasteiger partial charge in [0.15, 0.2) is 0 Å². The first-order chi connectivity index (χ1) is 8.87. The molecule has 19 heavy (non-hydrogen) atoms. The molecule has 0 aromatic heterocycles. The molecule has 0 aromatic carbocycles. The number of likely N-dealkylation sites (tertiary alicyclic amines) is 1. The molecule has 0 radical (unpaired) electrons. The third-order valence-corrected chi connectivity index (χ3v) is 3.83. The third-order valence-electron chi connectivity index (χ3n) is 3.83. The van der Waals surface area contributed by atoms with E-state index in [9.17, 15) is 4.79 Å². The Morgan fingerprint density at radius 1 is 1.26 bits per heavy atom. The van der Waals surface area contributed by atoms with Crippen LogP contribution in [0.25, 0.3) is 0 Å². The van der Waals surface area contributed by atoms with Crippen molar-refractivity contribution in [2.24, 2.45) is 0 Å². The van der Waals surface area contributed by atoms with Gasteiger partial charge in [0.25, 0.3) is 0 Å². The van der Waals surface area contributed by atoms with Gasteiger partial charge in [0, 0.05) is 18.6 Å². The van der Waals surface area contributed by atoms with E-state index in [2.05, 4.69) is 12.2 Å². The topological polar surface area (TPSA) is 41.6 Å². The van der Waals surface area contributed by atoms with Crippen molar-refractivity contribution in [3.8, 4) is 0 Å². The maximum atomic E-state index is 12.3. The Kier molecular flexibility index (Phi) is 4.39. The number of hydrogen-bond donors (Lipinski definition) is 1. The van der Waals surface area contributed by atoms with Gasteiger partial charge in [-0.3, -0.25) is 0 Å². The van der Waals surface area contributed by atoms with Crippen molar-refractivity contribution in [2.75, 3.05) is 6.54 Å². The summed E-state index contributed by atoms with van der Waals surface area (Å²) in [5.74, 6) is 0. The number of carbonyl (C=O) groups excluding carboxylic acids is 1. The van der Waals surface area contributed by atoms with Gasteiger partial charge in [-0.15, -0.1) is 0 Å². The van der Waals surface area contributed by atoms with E-state index in [0.717, 1.165) is 19.4 Å². The van der Waals surface area contributed by atoms with Crippen LogP contribution in [0.15, 0.2) is 0 Å². The fourth-order valence-corrected chi connectivity index (χ4v) is 2.76. The van der Waals surface area contributed by atoms with Gasteiger partial charge in [0.1, 0.15) is 5.60 Å². The monoisotopic (exact) mass is 268 g/mol. The summed E-state index contributed by atoms with van der Waals surface area (Å²) in [6.45, 7) is 8.81. The van der Waals surface area contributed by atoms with Crippen LogP contribution in [0.4, 0.5) is 4.79 Å². The number of nitrogens with zero attached hydrogens (tertiary/aromatic N) is 1. The first-order valence-corrected chi connectivity index (χ1v) is 7.62. The standard InChI is InChI=1S/C15H28N2O2/c1-11(16-12-8-9-12)13-7-5-6-10-17(13)14(18)19-15(2,3)4/h11-13,16H,5-10H2,1-4H3/t11-,13+/m0/s1. The second-order valence-corrected chi connectivity index (χ2v) is 6.97. The Balaban J connectivity index is 1.95. The molecule has 110 valence electrons. The van der Waals surface area contributed by atoms with Gasteiger partial charge in [0.05, 0.1) is 6.04 Å². The van der Waals surface area contributed by atoms with Crippen LogP contribution in [0.3, 0.4) is 0 Å². The lowest BCUT2D eigenvalue weighted by Gasteiger charge is -2.40. The molecule has 2 rings (SSSR count). The highest BCUT2D eigenvalue weighted by Gasteiger charge is 2.35. The lowest BCUT2D eigenvalue weighted by molar-refractivity contribution is 0.00551. The summed E-state index contributed by atoms with van der Waals surface area (Å²) in [5, 5.41) is 3.62. The average Bonchev–Trinajstić information content (AvgIpc) is 3.10. The Bertz CT molecular complexity index is 321. The summed E-state index contributed by atoms with van der Waals surface area (Å²) in [6, 6.07) is 1.32. The Labute approximate surface area is 116 Å². The molecule has 2 aliphatic rings. The lowest BCUT2D eigenvalue weighted by Crippen LogP contribution is -2.54. The molecular weight excluding hydrogens is 240 g/mol. The van der Waals surface area contributed by atoms with Crippen molar-refractivity contribution in [1.29, 1.82) is 0 Å². The van der Waals surface area contributed by atoms with Gasteiger partial charge < -0.3 is 15.0 Å². The fraction of sp³-hybridized carbons (Fsp3) is 0.933. The molecule has 1 aliphatic carbocycles. The number of nitrogens with one attached hydrogen (secondary N) is 1. The molecule has 1 saturated carbocycles. The van der Waals surface area contributed by atoms with Crippen molar-refractivity contribution in [1.82, 2.24) is 10.2 Å². The van der Waals surface area contributed by atoms with E-state index in [-0.39, 0.29) is 12.1 Å². The summed E-state index contributed by atoms with van der Waals surface area (Å²) < 4.78 is 5.54. The minimum absolute atomic E-state index is 0.151. The van der Waals surface area contributed by atoms with Gasteiger partial charge in [0.2, 0.25) is 0 Å². The molecule has 0 aromatic rings. The molecule has 0 bridgehead atoms. The van der Waals surface area contributed by atoms with E-state index in [4.69, 9.17) is 4.74 Å². The maximum Gasteiger partial charge on any atom is 0.410 e. The zero-order chi connectivity index (χ0) is 14.0. The first kappa shape index (κ1) is 14.6. The normalized spacial score (nSPS) is 26.1. The minimum atomic E-state index is -0.410. The zero-order valence-corrected chi connectivity index (χ0v) is 12.7. The second-order valence-electron chi connectivity index (χ2n) is 6.97. The van der Waals surface area contributed by atoms with Crippen molar-refractivity contribution in [3.63, 3.8) is 0 Å². The predicted octanol–water partition coefficient (Wildman–Crippen LogP) is 2.92. The van der Waals surface area contributed by atoms with Gasteiger partial charge in [-0.25, -0.2) is 4.79 Å². The van der Waals surface area contributed by atoms with Crippen LogP contribution < -0.4 is 5.32 Å². The first-order valence-electron chi connectivity index (χ1n) is 7.62. The van der Waals surface area contributed by atoms with Gasteiger partial charge in [-0.2, -0.15) is 0 Å². The van der Waals surface area contributed by atoms with Crippen molar-refractivity contribution in [3.05, 3.63) is 0 Å². The summed E-state index contributed by atoms with van der Waals surface area (Å²) in [6.07, 6.45) is 5.79. The Morgan fingerprint density at radius 3 is 2.53 bits per heavy atom. The number of amides is 1. The molecule has 0 spiro atoms. The highest BCUT2D eigenvalue weighted by molar-refractivity contribution is 5.68. The van der Waals surface area contributed by atoms with Crippen LogP contribution in [0, 0.1) is 0 Å². The molecule has 2 fully saturated rings. The number of hydrogen-bond acceptors (Lipinski definition) is 3. The van der Waals surface area contributed by atoms with Crippen molar-refractivity contribution in [2.45, 2.75) is 83.5 Å². The van der Waals surface area contributed by atoms with Crippen molar-refractivity contribution >= 4 is 6.09 Å². The SMILES string of the molecule is C[C@H](NC1CC1)[C@H]1CCCCN1C(=O)OC(C)(C)C.